The van der Waals surface area contributed by atoms with E-state index in [9.17, 15) is 9.59 Å². The van der Waals surface area contributed by atoms with Crippen molar-refractivity contribution in [2.24, 2.45) is 0 Å². The maximum atomic E-state index is 11.7. The molecular formula is C11H20N2O3S2. The van der Waals surface area contributed by atoms with E-state index in [-0.39, 0.29) is 0 Å². The van der Waals surface area contributed by atoms with E-state index in [2.05, 4.69) is 10.8 Å². The van der Waals surface area contributed by atoms with Crippen LogP contribution in [0.1, 0.15) is 26.7 Å². The average molecular weight is 292 g/mol. The van der Waals surface area contributed by atoms with Crippen molar-refractivity contribution in [1.29, 1.82) is 0 Å². The molecule has 104 valence electrons. The summed E-state index contributed by atoms with van der Waals surface area (Å²) in [6.07, 6.45) is 5.61. The van der Waals surface area contributed by atoms with Gasteiger partial charge in [0.15, 0.2) is 0 Å². The topological polar surface area (TPSA) is 67.4 Å². The molecule has 0 spiro atoms. The molecule has 0 aromatic heterocycles. The first kappa shape index (κ1) is 17.3. The van der Waals surface area contributed by atoms with Crippen molar-refractivity contribution in [2.45, 2.75) is 26.7 Å². The summed E-state index contributed by atoms with van der Waals surface area (Å²) < 4.78 is 0.882. The van der Waals surface area contributed by atoms with Gasteiger partial charge in [-0.05, 0) is 25.9 Å². The Hall–Kier alpha value is -0.660. The molecule has 0 aromatic rings. The Labute approximate surface area is 116 Å². The largest absolute Gasteiger partial charge is 0.345 e. The lowest BCUT2D eigenvalue weighted by atomic mass is 10.3. The van der Waals surface area contributed by atoms with Crippen LogP contribution in [0.15, 0.2) is 9.81 Å². The van der Waals surface area contributed by atoms with Crippen molar-refractivity contribution >= 4 is 35.5 Å². The predicted molar refractivity (Wildman–Crippen MR) is 77.3 cm³/mol. The van der Waals surface area contributed by atoms with Gasteiger partial charge in [0.25, 0.3) is 5.91 Å². The Morgan fingerprint density at radius 1 is 1.22 bits per heavy atom. The van der Waals surface area contributed by atoms with E-state index in [1.165, 1.54) is 23.5 Å². The molecule has 0 aliphatic rings. The number of hydroxylamine groups is 1. The third kappa shape index (κ3) is 6.93. The Kier molecular flexibility index (Phi) is 9.90. The Bertz CT molecular complexity index is 313. The van der Waals surface area contributed by atoms with Crippen molar-refractivity contribution in [3.05, 3.63) is 9.81 Å². The van der Waals surface area contributed by atoms with Crippen molar-refractivity contribution in [3.8, 4) is 0 Å². The molecule has 7 heteroatoms. The van der Waals surface area contributed by atoms with Gasteiger partial charge in [-0.3, -0.25) is 14.9 Å². The maximum absolute atomic E-state index is 11.7. The van der Waals surface area contributed by atoms with Gasteiger partial charge in [-0.15, -0.1) is 23.5 Å². The van der Waals surface area contributed by atoms with E-state index >= 15 is 0 Å². The average Bonchev–Trinajstić information content (AvgIpc) is 2.36. The summed E-state index contributed by atoms with van der Waals surface area (Å²) in [5.74, 6) is -0.412. The minimum absolute atomic E-state index is 0.412. The summed E-state index contributed by atoms with van der Waals surface area (Å²) in [5, 5.41) is 2.21. The molecular weight excluding hydrogens is 272 g/mol. The lowest BCUT2D eigenvalue weighted by Crippen LogP contribution is -2.40. The number of carbonyl (C=O) groups is 2. The minimum Gasteiger partial charge on any atom is -0.272 e. The van der Waals surface area contributed by atoms with Crippen LogP contribution in [0, 0.1) is 0 Å². The Balaban J connectivity index is 4.15. The first-order valence-electron chi connectivity index (χ1n) is 5.58. The van der Waals surface area contributed by atoms with Crippen LogP contribution in [-0.4, -0.2) is 31.1 Å². The molecule has 0 aromatic carbocycles. The zero-order valence-electron chi connectivity index (χ0n) is 11.2. The Morgan fingerprint density at radius 3 is 2.33 bits per heavy atom. The highest BCUT2D eigenvalue weighted by Crippen LogP contribution is 2.27. The standard InChI is InChI=1S/C11H20N2O3S2/c1-5-6-7-16-13-11(15)12-9(14)8(2)10(17-3)18-4/h5-7H2,1-4H3,(H2,12,13,14,15). The van der Waals surface area contributed by atoms with Gasteiger partial charge in [0.2, 0.25) is 0 Å². The molecule has 0 aliphatic heterocycles. The van der Waals surface area contributed by atoms with E-state index in [1.54, 1.807) is 6.92 Å². The summed E-state index contributed by atoms with van der Waals surface area (Å²) in [4.78, 5) is 27.9. The van der Waals surface area contributed by atoms with Crippen molar-refractivity contribution in [2.75, 3.05) is 19.1 Å². The second kappa shape index (κ2) is 10.3. The summed E-state index contributed by atoms with van der Waals surface area (Å²) >= 11 is 2.95. The van der Waals surface area contributed by atoms with Gasteiger partial charge in [0.1, 0.15) is 0 Å². The third-order valence-electron chi connectivity index (χ3n) is 2.01. The quantitative estimate of drug-likeness (QED) is 0.429. The van der Waals surface area contributed by atoms with E-state index in [4.69, 9.17) is 4.84 Å². The van der Waals surface area contributed by atoms with E-state index in [0.29, 0.717) is 12.2 Å². The van der Waals surface area contributed by atoms with Gasteiger partial charge >= 0.3 is 6.03 Å². The molecule has 0 saturated heterocycles. The molecule has 0 atom stereocenters. The summed E-state index contributed by atoms with van der Waals surface area (Å²) in [6.45, 7) is 4.14. The van der Waals surface area contributed by atoms with Crippen LogP contribution in [0.3, 0.4) is 0 Å². The van der Waals surface area contributed by atoms with E-state index in [1.807, 2.05) is 19.4 Å². The minimum atomic E-state index is -0.642. The summed E-state index contributed by atoms with van der Waals surface area (Å²) in [6, 6.07) is -0.642. The van der Waals surface area contributed by atoms with Crippen LogP contribution in [0.4, 0.5) is 4.79 Å². The van der Waals surface area contributed by atoms with Crippen molar-refractivity contribution < 1.29 is 14.4 Å². The second-order valence-electron chi connectivity index (χ2n) is 3.41. The highest BCUT2D eigenvalue weighted by molar-refractivity contribution is 8.21. The fourth-order valence-corrected chi connectivity index (χ4v) is 2.50. The number of amides is 3. The highest BCUT2D eigenvalue weighted by atomic mass is 32.2. The molecule has 0 radical (unpaired) electrons. The number of thioether (sulfide) groups is 2. The lowest BCUT2D eigenvalue weighted by molar-refractivity contribution is -0.116. The van der Waals surface area contributed by atoms with Crippen LogP contribution >= 0.6 is 23.5 Å². The summed E-state index contributed by atoms with van der Waals surface area (Å²) in [7, 11) is 0. The second-order valence-corrected chi connectivity index (χ2v) is 5.30. The zero-order valence-corrected chi connectivity index (χ0v) is 12.8. The number of imide groups is 1. The number of hydrogen-bond donors (Lipinski definition) is 2. The zero-order chi connectivity index (χ0) is 14.0. The van der Waals surface area contributed by atoms with Crippen LogP contribution in [0.25, 0.3) is 0 Å². The molecule has 0 aliphatic carbocycles. The fraction of sp³-hybridized carbons (Fsp3) is 0.636. The SMILES string of the molecule is CCCCONC(=O)NC(=O)C(C)=C(SC)SC. The third-order valence-corrected chi connectivity index (χ3v) is 4.36. The van der Waals surface area contributed by atoms with Crippen molar-refractivity contribution in [3.63, 3.8) is 0 Å². The fourth-order valence-electron chi connectivity index (χ4n) is 1.04. The number of urea groups is 1. The number of rotatable bonds is 7. The number of hydrogen-bond acceptors (Lipinski definition) is 5. The molecule has 0 rings (SSSR count). The van der Waals surface area contributed by atoms with E-state index in [0.717, 1.165) is 17.1 Å². The van der Waals surface area contributed by atoms with Gasteiger partial charge in [0.05, 0.1) is 6.61 Å². The molecule has 0 bridgehead atoms. The predicted octanol–water partition coefficient (Wildman–Crippen LogP) is 2.50. The normalized spacial score (nSPS) is 9.78. The monoisotopic (exact) mass is 292 g/mol. The van der Waals surface area contributed by atoms with Crippen molar-refractivity contribution in [1.82, 2.24) is 10.8 Å². The van der Waals surface area contributed by atoms with E-state index < -0.39 is 11.9 Å². The van der Waals surface area contributed by atoms with Crippen LogP contribution < -0.4 is 10.8 Å². The van der Waals surface area contributed by atoms with Crippen LogP contribution in [0.2, 0.25) is 0 Å². The molecule has 0 saturated carbocycles. The van der Waals surface area contributed by atoms with Crippen LogP contribution in [-0.2, 0) is 9.63 Å². The first-order chi connectivity index (χ1) is 8.56. The number of nitrogens with one attached hydrogen (secondary N) is 2. The molecule has 3 amide bonds. The molecule has 0 unspecified atom stereocenters. The van der Waals surface area contributed by atoms with Gasteiger partial charge in [-0.1, -0.05) is 13.3 Å². The number of unbranched alkanes of at least 4 members (excludes halogenated alkanes) is 1. The molecule has 0 fully saturated rings. The van der Waals surface area contributed by atoms with Gasteiger partial charge in [-0.2, -0.15) is 0 Å². The number of carbonyl (C=O) groups excluding carboxylic acids is 2. The molecule has 0 heterocycles. The molecule has 2 N–H and O–H groups in total. The smallest absolute Gasteiger partial charge is 0.272 e. The van der Waals surface area contributed by atoms with Crippen LogP contribution in [0.5, 0.6) is 0 Å². The lowest BCUT2D eigenvalue weighted by Gasteiger charge is -2.09. The molecule has 18 heavy (non-hydrogen) atoms. The van der Waals surface area contributed by atoms with Gasteiger partial charge < -0.3 is 0 Å². The Morgan fingerprint density at radius 2 is 1.83 bits per heavy atom. The molecule has 5 nitrogen and oxygen atoms in total. The highest BCUT2D eigenvalue weighted by Gasteiger charge is 2.13. The maximum Gasteiger partial charge on any atom is 0.345 e. The first-order valence-corrected chi connectivity index (χ1v) is 8.03. The van der Waals surface area contributed by atoms with Gasteiger partial charge in [-0.25, -0.2) is 10.3 Å². The summed E-state index contributed by atoms with van der Waals surface area (Å²) in [5.41, 5.74) is 2.70. The van der Waals surface area contributed by atoms with Gasteiger partial charge in [0, 0.05) is 9.81 Å².